The summed E-state index contributed by atoms with van der Waals surface area (Å²) in [5.74, 6) is 0.523. The van der Waals surface area contributed by atoms with E-state index in [0.29, 0.717) is 29.2 Å². The summed E-state index contributed by atoms with van der Waals surface area (Å²) in [6, 6.07) is 6.72. The second kappa shape index (κ2) is 5.96. The van der Waals surface area contributed by atoms with Gasteiger partial charge in [-0.2, -0.15) is 5.26 Å². The number of alkyl halides is 1. The van der Waals surface area contributed by atoms with E-state index in [4.69, 9.17) is 31.8 Å². The molecule has 0 spiro atoms. The van der Waals surface area contributed by atoms with Gasteiger partial charge in [-0.3, -0.25) is 0 Å². The van der Waals surface area contributed by atoms with Gasteiger partial charge < -0.3 is 14.9 Å². The van der Waals surface area contributed by atoms with Gasteiger partial charge >= 0.3 is 0 Å². The van der Waals surface area contributed by atoms with Crippen LogP contribution in [0.5, 0.6) is 5.75 Å². The largest absolute Gasteiger partial charge is 0.490 e. The van der Waals surface area contributed by atoms with E-state index in [0.717, 1.165) is 0 Å². The van der Waals surface area contributed by atoms with Gasteiger partial charge in [0.05, 0.1) is 16.7 Å². The van der Waals surface area contributed by atoms with Gasteiger partial charge in [0.25, 0.3) is 0 Å². The van der Waals surface area contributed by atoms with Crippen molar-refractivity contribution in [3.63, 3.8) is 0 Å². The number of hydrogen-bond donors (Lipinski definition) is 2. The van der Waals surface area contributed by atoms with E-state index in [2.05, 4.69) is 0 Å². The van der Waals surface area contributed by atoms with E-state index in [-0.39, 0.29) is 18.9 Å². The van der Waals surface area contributed by atoms with Crippen molar-refractivity contribution in [2.45, 2.75) is 43.7 Å². The lowest BCUT2D eigenvalue weighted by Crippen LogP contribution is -2.43. The molecule has 0 aromatic heterocycles. The maximum Gasteiger partial charge on any atom is 0.186 e. The molecule has 0 saturated heterocycles. The number of hydrogen-bond acceptors (Lipinski definition) is 4. The van der Waals surface area contributed by atoms with Crippen LogP contribution < -0.4 is 4.74 Å². The van der Waals surface area contributed by atoms with E-state index in [1.165, 1.54) is 0 Å². The first-order valence-corrected chi connectivity index (χ1v) is 6.74. The third kappa shape index (κ3) is 3.21. The van der Waals surface area contributed by atoms with E-state index in [1.807, 2.05) is 6.07 Å². The molecule has 108 valence electrons. The summed E-state index contributed by atoms with van der Waals surface area (Å²) in [6.07, 6.45) is -1.27. The Hall–Kier alpha value is -1.35. The van der Waals surface area contributed by atoms with Crippen molar-refractivity contribution in [1.29, 1.82) is 5.26 Å². The number of nitriles is 1. The fourth-order valence-corrected chi connectivity index (χ4v) is 2.51. The van der Waals surface area contributed by atoms with Crippen LogP contribution in [0.3, 0.4) is 0 Å². The molecule has 20 heavy (non-hydrogen) atoms. The molecule has 1 fully saturated rings. The molecule has 0 atom stereocenters. The number of nitrogens with zero attached hydrogens (tertiary/aromatic N) is 1. The molecule has 1 saturated carbocycles. The topological polar surface area (TPSA) is 73.5 Å². The fourth-order valence-electron chi connectivity index (χ4n) is 2.30. The fraction of sp³-hybridized carbons (Fsp3) is 0.500. The summed E-state index contributed by atoms with van der Waals surface area (Å²) in [6.45, 7) is 0. The third-order valence-corrected chi connectivity index (χ3v) is 3.90. The monoisotopic (exact) mass is 299 g/mol. The van der Waals surface area contributed by atoms with Crippen LogP contribution in [0.15, 0.2) is 18.2 Å². The zero-order chi connectivity index (χ0) is 14.8. The first-order valence-electron chi connectivity index (χ1n) is 6.36. The summed E-state index contributed by atoms with van der Waals surface area (Å²) < 4.78 is 19.6. The van der Waals surface area contributed by atoms with Gasteiger partial charge in [0.15, 0.2) is 12.0 Å². The van der Waals surface area contributed by atoms with E-state index in [9.17, 15) is 4.39 Å². The zero-order valence-electron chi connectivity index (χ0n) is 10.7. The minimum atomic E-state index is -1.95. The van der Waals surface area contributed by atoms with Crippen molar-refractivity contribution in [3.05, 3.63) is 28.8 Å². The van der Waals surface area contributed by atoms with Crippen molar-refractivity contribution < 1.29 is 19.3 Å². The molecule has 0 amide bonds. The third-order valence-electron chi connectivity index (χ3n) is 3.59. The zero-order valence-corrected chi connectivity index (χ0v) is 11.5. The lowest BCUT2D eigenvalue weighted by atomic mass is 9.84. The van der Waals surface area contributed by atoms with Gasteiger partial charge in [-0.05, 0) is 37.8 Å². The van der Waals surface area contributed by atoms with Gasteiger partial charge in [0.2, 0.25) is 0 Å². The molecule has 1 aliphatic rings. The lowest BCUT2D eigenvalue weighted by Gasteiger charge is -2.34. The highest BCUT2D eigenvalue weighted by atomic mass is 35.5. The van der Waals surface area contributed by atoms with Crippen molar-refractivity contribution in [2.75, 3.05) is 0 Å². The molecule has 0 unspecified atom stereocenters. The molecule has 0 aliphatic heterocycles. The standard InChI is InChI=1S/C14H15ClFNO3/c15-12-7-11(2-1-9(12)8-17)20-10-3-5-14(16,6-4-10)13(18)19/h1-2,7,10,13,18-19H,3-6H2. The van der Waals surface area contributed by atoms with E-state index < -0.39 is 12.0 Å². The Morgan fingerprint density at radius 3 is 2.55 bits per heavy atom. The Morgan fingerprint density at radius 1 is 1.40 bits per heavy atom. The quantitative estimate of drug-likeness (QED) is 0.841. The van der Waals surface area contributed by atoms with Crippen molar-refractivity contribution in [3.8, 4) is 11.8 Å². The number of benzene rings is 1. The lowest BCUT2D eigenvalue weighted by molar-refractivity contribution is -0.165. The predicted molar refractivity (Wildman–Crippen MR) is 71.1 cm³/mol. The van der Waals surface area contributed by atoms with Gasteiger partial charge in [-0.15, -0.1) is 0 Å². The van der Waals surface area contributed by atoms with Crippen LogP contribution in [0.2, 0.25) is 5.02 Å². The van der Waals surface area contributed by atoms with Gasteiger partial charge in [-0.25, -0.2) is 4.39 Å². The molecule has 2 rings (SSSR count). The maximum atomic E-state index is 14.0. The Morgan fingerprint density at radius 2 is 2.05 bits per heavy atom. The highest BCUT2D eigenvalue weighted by Crippen LogP contribution is 2.36. The SMILES string of the molecule is N#Cc1ccc(OC2CCC(F)(C(O)O)CC2)cc1Cl. The summed E-state index contributed by atoms with van der Waals surface area (Å²) in [5, 5.41) is 27.1. The Balaban J connectivity index is 1.96. The molecule has 0 bridgehead atoms. The minimum Gasteiger partial charge on any atom is -0.490 e. The smallest absolute Gasteiger partial charge is 0.186 e. The van der Waals surface area contributed by atoms with Gasteiger partial charge in [0.1, 0.15) is 11.8 Å². The number of halogens is 2. The Bertz CT molecular complexity index is 522. The number of aliphatic hydroxyl groups is 2. The summed E-state index contributed by atoms with van der Waals surface area (Å²) >= 11 is 5.91. The van der Waals surface area contributed by atoms with Gasteiger partial charge in [0, 0.05) is 6.07 Å². The van der Waals surface area contributed by atoms with Crippen molar-refractivity contribution in [2.24, 2.45) is 0 Å². The highest BCUT2D eigenvalue weighted by Gasteiger charge is 2.41. The first-order chi connectivity index (χ1) is 9.44. The molecule has 1 aliphatic carbocycles. The summed E-state index contributed by atoms with van der Waals surface area (Å²) in [5.41, 5.74) is -1.57. The highest BCUT2D eigenvalue weighted by molar-refractivity contribution is 6.31. The number of rotatable bonds is 3. The van der Waals surface area contributed by atoms with Crippen LogP contribution in [0.4, 0.5) is 4.39 Å². The normalized spacial score (nSPS) is 26.3. The van der Waals surface area contributed by atoms with Crippen molar-refractivity contribution in [1.82, 2.24) is 0 Å². The first kappa shape index (κ1) is 15.0. The van der Waals surface area contributed by atoms with E-state index in [1.54, 1.807) is 18.2 Å². The molecular weight excluding hydrogens is 285 g/mol. The molecular formula is C14H15ClFNO3. The molecule has 1 aromatic carbocycles. The average molecular weight is 300 g/mol. The predicted octanol–water partition coefficient (Wildman–Crippen LogP) is 2.55. The van der Waals surface area contributed by atoms with Crippen LogP contribution in [-0.4, -0.2) is 28.3 Å². The van der Waals surface area contributed by atoms with Crippen LogP contribution in [0.1, 0.15) is 31.2 Å². The maximum absolute atomic E-state index is 14.0. The second-order valence-electron chi connectivity index (χ2n) is 4.98. The molecule has 2 N–H and O–H groups in total. The Labute approximate surface area is 121 Å². The molecule has 1 aromatic rings. The van der Waals surface area contributed by atoms with Crippen LogP contribution >= 0.6 is 11.6 Å². The Kier molecular flexibility index (Phi) is 4.48. The molecule has 0 heterocycles. The number of aliphatic hydroxyl groups excluding tert-OH is 1. The minimum absolute atomic E-state index is 0.0410. The second-order valence-corrected chi connectivity index (χ2v) is 5.39. The summed E-state index contributed by atoms with van der Waals surface area (Å²) in [4.78, 5) is 0. The summed E-state index contributed by atoms with van der Waals surface area (Å²) in [7, 11) is 0. The van der Waals surface area contributed by atoms with Gasteiger partial charge in [-0.1, -0.05) is 11.6 Å². The molecule has 0 radical (unpaired) electrons. The van der Waals surface area contributed by atoms with Crippen molar-refractivity contribution >= 4 is 11.6 Å². The average Bonchev–Trinajstić information content (AvgIpc) is 2.42. The van der Waals surface area contributed by atoms with Crippen LogP contribution in [0, 0.1) is 11.3 Å². The van der Waals surface area contributed by atoms with Crippen LogP contribution in [-0.2, 0) is 0 Å². The van der Waals surface area contributed by atoms with Crippen LogP contribution in [0.25, 0.3) is 0 Å². The van der Waals surface area contributed by atoms with E-state index >= 15 is 0 Å². The number of ether oxygens (including phenoxy) is 1. The molecule has 6 heteroatoms. The molecule has 4 nitrogen and oxygen atoms in total.